The molecular weight excluding hydrogens is 232 g/mol. The fourth-order valence-corrected chi connectivity index (χ4v) is 4.05. The van der Waals surface area contributed by atoms with Crippen molar-refractivity contribution in [2.24, 2.45) is 5.92 Å². The SMILES string of the molecule is CCCNCCCCCN1CCCC1C1CCCC1. The van der Waals surface area contributed by atoms with Crippen molar-refractivity contribution in [3.05, 3.63) is 0 Å². The molecule has 1 atom stereocenters. The Morgan fingerprint density at radius 3 is 2.58 bits per heavy atom. The van der Waals surface area contributed by atoms with Crippen LogP contribution in [0.15, 0.2) is 0 Å². The van der Waals surface area contributed by atoms with Crippen molar-refractivity contribution in [3.8, 4) is 0 Å². The highest BCUT2D eigenvalue weighted by Crippen LogP contribution is 2.35. The van der Waals surface area contributed by atoms with Crippen LogP contribution in [0.1, 0.15) is 71.1 Å². The fourth-order valence-electron chi connectivity index (χ4n) is 4.05. The van der Waals surface area contributed by atoms with Gasteiger partial charge < -0.3 is 10.2 Å². The lowest BCUT2D eigenvalue weighted by Gasteiger charge is -2.29. The van der Waals surface area contributed by atoms with Crippen molar-refractivity contribution in [2.75, 3.05) is 26.2 Å². The first-order valence-corrected chi connectivity index (χ1v) is 8.86. The maximum Gasteiger partial charge on any atom is 0.0124 e. The molecule has 2 fully saturated rings. The fraction of sp³-hybridized carbons (Fsp3) is 1.00. The van der Waals surface area contributed by atoms with E-state index in [9.17, 15) is 0 Å². The van der Waals surface area contributed by atoms with Gasteiger partial charge in [-0.2, -0.15) is 0 Å². The minimum Gasteiger partial charge on any atom is -0.317 e. The molecule has 1 unspecified atom stereocenters. The number of unbranched alkanes of at least 4 members (excludes halogenated alkanes) is 2. The minimum absolute atomic E-state index is 0.959. The van der Waals surface area contributed by atoms with Crippen molar-refractivity contribution in [1.82, 2.24) is 10.2 Å². The maximum absolute atomic E-state index is 3.50. The van der Waals surface area contributed by atoms with Crippen LogP contribution in [0.3, 0.4) is 0 Å². The van der Waals surface area contributed by atoms with Crippen LogP contribution >= 0.6 is 0 Å². The van der Waals surface area contributed by atoms with E-state index in [1.807, 2.05) is 0 Å². The van der Waals surface area contributed by atoms with Crippen LogP contribution in [0.25, 0.3) is 0 Å². The summed E-state index contributed by atoms with van der Waals surface area (Å²) in [6, 6.07) is 0.959. The molecule has 0 bridgehead atoms. The predicted octanol–water partition coefficient (Wildman–Crippen LogP) is 3.81. The summed E-state index contributed by atoms with van der Waals surface area (Å²) in [7, 11) is 0. The van der Waals surface area contributed by atoms with Crippen molar-refractivity contribution in [1.29, 1.82) is 0 Å². The Morgan fingerprint density at radius 1 is 0.947 bits per heavy atom. The summed E-state index contributed by atoms with van der Waals surface area (Å²) < 4.78 is 0. The lowest BCUT2D eigenvalue weighted by atomic mass is 9.96. The average Bonchev–Trinajstić information content (AvgIpc) is 3.08. The molecule has 2 heteroatoms. The summed E-state index contributed by atoms with van der Waals surface area (Å²) in [6.45, 7) is 7.41. The van der Waals surface area contributed by atoms with Gasteiger partial charge >= 0.3 is 0 Å². The van der Waals surface area contributed by atoms with E-state index in [1.165, 1.54) is 90.4 Å². The monoisotopic (exact) mass is 266 g/mol. The molecule has 0 aromatic heterocycles. The van der Waals surface area contributed by atoms with Crippen molar-refractivity contribution in [2.45, 2.75) is 77.2 Å². The third-order valence-corrected chi connectivity index (χ3v) is 5.08. The van der Waals surface area contributed by atoms with E-state index >= 15 is 0 Å². The molecule has 0 amide bonds. The van der Waals surface area contributed by atoms with Crippen LogP contribution in [0.4, 0.5) is 0 Å². The van der Waals surface area contributed by atoms with Gasteiger partial charge in [0.15, 0.2) is 0 Å². The lowest BCUT2D eigenvalue weighted by molar-refractivity contribution is 0.187. The van der Waals surface area contributed by atoms with Gasteiger partial charge in [0.1, 0.15) is 0 Å². The standard InChI is InChI=1S/C17H34N2/c1-2-12-18-13-6-3-7-14-19-15-8-11-17(19)16-9-4-5-10-16/h16-18H,2-15H2,1H3. The molecule has 1 saturated carbocycles. The number of likely N-dealkylation sites (tertiary alicyclic amines) is 1. The van der Waals surface area contributed by atoms with Gasteiger partial charge in [0.05, 0.1) is 0 Å². The summed E-state index contributed by atoms with van der Waals surface area (Å²) in [5, 5.41) is 3.50. The third-order valence-electron chi connectivity index (χ3n) is 5.08. The van der Waals surface area contributed by atoms with Crippen LogP contribution in [0, 0.1) is 5.92 Å². The van der Waals surface area contributed by atoms with Gasteiger partial charge in [-0.3, -0.25) is 0 Å². The number of rotatable bonds is 9. The maximum atomic E-state index is 3.50. The van der Waals surface area contributed by atoms with Gasteiger partial charge in [-0.05, 0) is 77.0 Å². The van der Waals surface area contributed by atoms with Crippen LogP contribution in [-0.2, 0) is 0 Å². The van der Waals surface area contributed by atoms with Crippen LogP contribution in [0.5, 0.6) is 0 Å². The highest BCUT2D eigenvalue weighted by molar-refractivity contribution is 4.87. The van der Waals surface area contributed by atoms with Crippen LogP contribution < -0.4 is 5.32 Å². The highest BCUT2D eigenvalue weighted by Gasteiger charge is 2.32. The molecule has 0 aromatic carbocycles. The molecule has 1 heterocycles. The smallest absolute Gasteiger partial charge is 0.0124 e. The predicted molar refractivity (Wildman–Crippen MR) is 83.6 cm³/mol. The van der Waals surface area contributed by atoms with Gasteiger partial charge in [-0.15, -0.1) is 0 Å². The van der Waals surface area contributed by atoms with Crippen molar-refractivity contribution < 1.29 is 0 Å². The summed E-state index contributed by atoms with van der Waals surface area (Å²) in [5.41, 5.74) is 0. The zero-order valence-corrected chi connectivity index (χ0v) is 13.0. The van der Waals surface area contributed by atoms with E-state index < -0.39 is 0 Å². The second-order valence-electron chi connectivity index (χ2n) is 6.60. The van der Waals surface area contributed by atoms with Gasteiger partial charge in [-0.1, -0.05) is 26.2 Å². The van der Waals surface area contributed by atoms with E-state index in [1.54, 1.807) is 0 Å². The van der Waals surface area contributed by atoms with E-state index in [4.69, 9.17) is 0 Å². The second kappa shape index (κ2) is 8.97. The highest BCUT2D eigenvalue weighted by atomic mass is 15.2. The second-order valence-corrected chi connectivity index (χ2v) is 6.60. The molecule has 0 aromatic rings. The minimum atomic E-state index is 0.959. The van der Waals surface area contributed by atoms with E-state index in [2.05, 4.69) is 17.1 Å². The van der Waals surface area contributed by atoms with Gasteiger partial charge in [0.25, 0.3) is 0 Å². The van der Waals surface area contributed by atoms with E-state index in [0.717, 1.165) is 12.0 Å². The molecule has 0 radical (unpaired) electrons. The molecule has 1 aliphatic carbocycles. The van der Waals surface area contributed by atoms with Crippen molar-refractivity contribution >= 4 is 0 Å². The van der Waals surface area contributed by atoms with E-state index in [0.29, 0.717) is 0 Å². The topological polar surface area (TPSA) is 15.3 Å². The first kappa shape index (κ1) is 15.3. The molecule has 2 aliphatic rings. The molecule has 2 rings (SSSR count). The number of nitrogens with one attached hydrogen (secondary N) is 1. The Kier molecular flexibility index (Phi) is 7.23. The Labute approximate surface area is 120 Å². The lowest BCUT2D eigenvalue weighted by Crippen LogP contribution is -2.35. The molecule has 1 N–H and O–H groups in total. The van der Waals surface area contributed by atoms with Crippen LogP contribution in [0.2, 0.25) is 0 Å². The van der Waals surface area contributed by atoms with Gasteiger partial charge in [0, 0.05) is 6.04 Å². The molecule has 112 valence electrons. The largest absolute Gasteiger partial charge is 0.317 e. The molecule has 1 aliphatic heterocycles. The molecule has 0 spiro atoms. The number of hydrogen-bond donors (Lipinski definition) is 1. The summed E-state index contributed by atoms with van der Waals surface area (Å²) in [6.07, 6.45) is 14.4. The summed E-state index contributed by atoms with van der Waals surface area (Å²) in [5.74, 6) is 1.05. The first-order chi connectivity index (χ1) is 9.42. The number of hydrogen-bond acceptors (Lipinski definition) is 2. The Bertz CT molecular complexity index is 223. The molecular formula is C17H34N2. The summed E-state index contributed by atoms with van der Waals surface area (Å²) in [4.78, 5) is 2.83. The first-order valence-electron chi connectivity index (χ1n) is 8.86. The Balaban J connectivity index is 1.54. The Morgan fingerprint density at radius 2 is 1.79 bits per heavy atom. The zero-order valence-electron chi connectivity index (χ0n) is 13.0. The molecule has 2 nitrogen and oxygen atoms in total. The zero-order chi connectivity index (χ0) is 13.3. The van der Waals surface area contributed by atoms with E-state index in [-0.39, 0.29) is 0 Å². The normalized spacial score (nSPS) is 25.4. The van der Waals surface area contributed by atoms with Crippen LogP contribution in [-0.4, -0.2) is 37.1 Å². The Hall–Kier alpha value is -0.0800. The number of nitrogens with zero attached hydrogens (tertiary/aromatic N) is 1. The molecule has 1 saturated heterocycles. The van der Waals surface area contributed by atoms with Crippen molar-refractivity contribution in [3.63, 3.8) is 0 Å². The quantitative estimate of drug-likeness (QED) is 0.638. The summed E-state index contributed by atoms with van der Waals surface area (Å²) >= 11 is 0. The van der Waals surface area contributed by atoms with Gasteiger partial charge in [-0.25, -0.2) is 0 Å². The molecule has 19 heavy (non-hydrogen) atoms. The van der Waals surface area contributed by atoms with Gasteiger partial charge in [0.2, 0.25) is 0 Å². The third kappa shape index (κ3) is 5.07. The average molecular weight is 266 g/mol.